The van der Waals surface area contributed by atoms with Gasteiger partial charge in [-0.1, -0.05) is 0 Å². The summed E-state index contributed by atoms with van der Waals surface area (Å²) in [5.41, 5.74) is 6.16. The Morgan fingerprint density at radius 1 is 1.80 bits per heavy atom. The maximum Gasteiger partial charge on any atom is 0.218 e. The average Bonchev–Trinajstić information content (AvgIpc) is 2.30. The summed E-state index contributed by atoms with van der Waals surface area (Å²) in [4.78, 5) is 10.3. The lowest BCUT2D eigenvalue weighted by molar-refractivity contribution is 0.545. The van der Waals surface area contributed by atoms with Gasteiger partial charge in [-0.3, -0.25) is 9.36 Å². The van der Waals surface area contributed by atoms with Crippen molar-refractivity contribution in [2.24, 2.45) is 5.73 Å². The molecule has 0 saturated carbocycles. The third-order valence-electron chi connectivity index (χ3n) is 1.28. The number of nitrogens with two attached hydrogens (primary N) is 1. The van der Waals surface area contributed by atoms with Crippen molar-refractivity contribution >= 4 is 22.3 Å². The quantitative estimate of drug-likeness (QED) is 0.721. The summed E-state index contributed by atoms with van der Waals surface area (Å²) in [5.74, 6) is 0. The second-order valence-electron chi connectivity index (χ2n) is 1.83. The third kappa shape index (κ3) is 1.12. The smallest absolute Gasteiger partial charge is 0.218 e. The van der Waals surface area contributed by atoms with Crippen molar-refractivity contribution in [2.75, 3.05) is 0 Å². The number of hydrogen-bond donors (Lipinski definition) is 1. The van der Waals surface area contributed by atoms with Gasteiger partial charge in [0.2, 0.25) is 6.41 Å². The van der Waals surface area contributed by atoms with Crippen molar-refractivity contribution in [3.05, 3.63) is 22.4 Å². The molecule has 1 aromatic rings. The molecule has 54 valence electrons. The lowest BCUT2D eigenvalue weighted by Gasteiger charge is -1.96. The molecule has 1 heterocycles. The lowest BCUT2D eigenvalue weighted by Crippen LogP contribution is -2.05. The molecule has 0 fully saturated rings. The Labute approximate surface area is 66.9 Å². The highest BCUT2D eigenvalue weighted by molar-refractivity contribution is 9.10. The zero-order valence-corrected chi connectivity index (χ0v) is 6.84. The van der Waals surface area contributed by atoms with E-state index in [1.54, 1.807) is 12.3 Å². The molecule has 0 aliphatic heterocycles. The molecule has 0 radical (unpaired) electrons. The van der Waals surface area contributed by atoms with Gasteiger partial charge < -0.3 is 5.73 Å². The van der Waals surface area contributed by atoms with E-state index in [1.807, 2.05) is 0 Å². The second-order valence-corrected chi connectivity index (χ2v) is 2.68. The first kappa shape index (κ1) is 7.50. The zero-order valence-electron chi connectivity index (χ0n) is 5.25. The van der Waals surface area contributed by atoms with Crippen LogP contribution in [0.5, 0.6) is 0 Å². The van der Waals surface area contributed by atoms with Gasteiger partial charge in [0.1, 0.15) is 0 Å². The Kier molecular flexibility index (Phi) is 2.24. The molecule has 2 N–H and O–H groups in total. The number of rotatable bonds is 2. The van der Waals surface area contributed by atoms with Crippen LogP contribution >= 0.6 is 15.9 Å². The SMILES string of the molecule is NCc1c(Br)ccn1C=O. The van der Waals surface area contributed by atoms with E-state index in [9.17, 15) is 4.79 Å². The predicted molar refractivity (Wildman–Crippen MR) is 42.2 cm³/mol. The van der Waals surface area contributed by atoms with Crippen LogP contribution in [0.4, 0.5) is 0 Å². The Hall–Kier alpha value is -0.610. The highest BCUT2D eigenvalue weighted by Gasteiger charge is 2.02. The summed E-state index contributed by atoms with van der Waals surface area (Å²) in [5, 5.41) is 0. The van der Waals surface area contributed by atoms with Gasteiger partial charge in [-0.2, -0.15) is 0 Å². The molecule has 0 aromatic carbocycles. The number of nitrogens with zero attached hydrogens (tertiary/aromatic N) is 1. The minimum atomic E-state index is 0.367. The molecule has 3 nitrogen and oxygen atoms in total. The molecule has 0 aliphatic carbocycles. The first-order valence-corrected chi connectivity index (χ1v) is 3.59. The largest absolute Gasteiger partial charge is 0.325 e. The van der Waals surface area contributed by atoms with Crippen molar-refractivity contribution in [3.8, 4) is 0 Å². The normalized spacial score (nSPS) is 9.80. The van der Waals surface area contributed by atoms with Crippen molar-refractivity contribution in [1.82, 2.24) is 4.57 Å². The van der Waals surface area contributed by atoms with E-state index in [-0.39, 0.29) is 0 Å². The van der Waals surface area contributed by atoms with E-state index in [0.717, 1.165) is 16.6 Å². The molecule has 1 aromatic heterocycles. The minimum absolute atomic E-state index is 0.367. The van der Waals surface area contributed by atoms with Gasteiger partial charge in [0.25, 0.3) is 0 Å². The predicted octanol–water partition coefficient (Wildman–Crippen LogP) is 0.748. The van der Waals surface area contributed by atoms with Gasteiger partial charge in [-0.05, 0) is 22.0 Å². The zero-order chi connectivity index (χ0) is 7.56. The highest BCUT2D eigenvalue weighted by Crippen LogP contribution is 2.15. The number of aromatic nitrogens is 1. The summed E-state index contributed by atoms with van der Waals surface area (Å²) in [6.07, 6.45) is 2.40. The van der Waals surface area contributed by atoms with Crippen LogP contribution in [0.25, 0.3) is 0 Å². The average molecular weight is 203 g/mol. The highest BCUT2D eigenvalue weighted by atomic mass is 79.9. The summed E-state index contributed by atoms with van der Waals surface area (Å²) in [7, 11) is 0. The van der Waals surface area contributed by atoms with Crippen molar-refractivity contribution in [2.45, 2.75) is 6.54 Å². The molecule has 0 aliphatic rings. The van der Waals surface area contributed by atoms with Gasteiger partial charge >= 0.3 is 0 Å². The van der Waals surface area contributed by atoms with E-state index in [0.29, 0.717) is 6.54 Å². The van der Waals surface area contributed by atoms with E-state index in [2.05, 4.69) is 15.9 Å². The minimum Gasteiger partial charge on any atom is -0.325 e. The van der Waals surface area contributed by atoms with Gasteiger partial charge in [-0.25, -0.2) is 0 Å². The molecule has 0 atom stereocenters. The molecular formula is C6H7BrN2O. The Morgan fingerprint density at radius 3 is 2.90 bits per heavy atom. The van der Waals surface area contributed by atoms with Gasteiger partial charge in [-0.15, -0.1) is 0 Å². The molecule has 0 spiro atoms. The fourth-order valence-corrected chi connectivity index (χ4v) is 1.24. The standard InChI is InChI=1S/C6H7BrN2O/c7-5-1-2-9(4-10)6(5)3-8/h1-2,4H,3,8H2. The van der Waals surface area contributed by atoms with Crippen LogP contribution < -0.4 is 5.73 Å². The summed E-state index contributed by atoms with van der Waals surface area (Å²) < 4.78 is 2.33. The molecule has 0 saturated heterocycles. The van der Waals surface area contributed by atoms with E-state index >= 15 is 0 Å². The van der Waals surface area contributed by atoms with Crippen molar-refractivity contribution in [3.63, 3.8) is 0 Å². The lowest BCUT2D eigenvalue weighted by atomic mass is 10.4. The summed E-state index contributed by atoms with van der Waals surface area (Å²) >= 11 is 3.26. The fourth-order valence-electron chi connectivity index (χ4n) is 0.757. The Morgan fingerprint density at radius 2 is 2.50 bits per heavy atom. The maximum atomic E-state index is 10.3. The number of carbonyl (C=O) groups is 1. The second kappa shape index (κ2) is 2.98. The van der Waals surface area contributed by atoms with E-state index < -0.39 is 0 Å². The summed E-state index contributed by atoms with van der Waals surface area (Å²) in [6, 6.07) is 1.79. The number of hydrogen-bond acceptors (Lipinski definition) is 2. The number of carbonyl (C=O) groups excluding carboxylic acids is 1. The van der Waals surface area contributed by atoms with Gasteiger partial charge in [0.15, 0.2) is 0 Å². The van der Waals surface area contributed by atoms with Crippen LogP contribution in [-0.4, -0.2) is 11.0 Å². The van der Waals surface area contributed by atoms with Crippen molar-refractivity contribution in [1.29, 1.82) is 0 Å². The fraction of sp³-hybridized carbons (Fsp3) is 0.167. The summed E-state index contributed by atoms with van der Waals surface area (Å²) in [6.45, 7) is 0.367. The first-order valence-electron chi connectivity index (χ1n) is 2.80. The maximum absolute atomic E-state index is 10.3. The van der Waals surface area contributed by atoms with E-state index in [4.69, 9.17) is 5.73 Å². The first-order chi connectivity index (χ1) is 4.79. The molecule has 0 bridgehead atoms. The van der Waals surface area contributed by atoms with E-state index in [1.165, 1.54) is 4.57 Å². The molecule has 10 heavy (non-hydrogen) atoms. The van der Waals surface area contributed by atoms with Crippen LogP contribution in [-0.2, 0) is 11.3 Å². The Balaban J connectivity index is 3.12. The third-order valence-corrected chi connectivity index (χ3v) is 2.00. The molecule has 1 rings (SSSR count). The van der Waals surface area contributed by atoms with Crippen LogP contribution in [0.3, 0.4) is 0 Å². The molecule has 0 amide bonds. The molecule has 0 unspecified atom stereocenters. The van der Waals surface area contributed by atoms with Crippen molar-refractivity contribution < 1.29 is 4.79 Å². The van der Waals surface area contributed by atoms with Crippen LogP contribution in [0.1, 0.15) is 5.69 Å². The topological polar surface area (TPSA) is 48.0 Å². The molecular weight excluding hydrogens is 196 g/mol. The number of halogens is 1. The Bertz CT molecular complexity index is 244. The van der Waals surface area contributed by atoms with Gasteiger partial charge in [0, 0.05) is 17.2 Å². The van der Waals surface area contributed by atoms with Crippen LogP contribution in [0.2, 0.25) is 0 Å². The molecule has 4 heteroatoms. The van der Waals surface area contributed by atoms with Crippen LogP contribution in [0, 0.1) is 0 Å². The van der Waals surface area contributed by atoms with Gasteiger partial charge in [0.05, 0.1) is 5.69 Å². The van der Waals surface area contributed by atoms with Crippen LogP contribution in [0.15, 0.2) is 16.7 Å². The monoisotopic (exact) mass is 202 g/mol.